The SMILES string of the molecule is C1=C(c2ccccc2CNC2CC2)CCCC1. The zero-order valence-electron chi connectivity index (χ0n) is 10.4. The predicted molar refractivity (Wildman–Crippen MR) is 72.7 cm³/mol. The lowest BCUT2D eigenvalue weighted by Crippen LogP contribution is -2.16. The Bertz CT molecular complexity index is 415. The van der Waals surface area contributed by atoms with E-state index < -0.39 is 0 Å². The monoisotopic (exact) mass is 227 g/mol. The molecule has 1 fully saturated rings. The first-order valence-electron chi connectivity index (χ1n) is 6.94. The van der Waals surface area contributed by atoms with Gasteiger partial charge >= 0.3 is 0 Å². The third-order valence-corrected chi connectivity index (χ3v) is 3.81. The lowest BCUT2D eigenvalue weighted by molar-refractivity contribution is 0.684. The topological polar surface area (TPSA) is 12.0 Å². The molecule has 0 bridgehead atoms. The van der Waals surface area contributed by atoms with E-state index in [0.29, 0.717) is 0 Å². The second kappa shape index (κ2) is 5.05. The summed E-state index contributed by atoms with van der Waals surface area (Å²) in [5.74, 6) is 0. The van der Waals surface area contributed by atoms with Crippen LogP contribution in [-0.2, 0) is 6.54 Å². The van der Waals surface area contributed by atoms with E-state index in [4.69, 9.17) is 0 Å². The van der Waals surface area contributed by atoms with Gasteiger partial charge in [0.2, 0.25) is 0 Å². The van der Waals surface area contributed by atoms with Crippen LogP contribution in [0.3, 0.4) is 0 Å². The molecular weight excluding hydrogens is 206 g/mol. The zero-order chi connectivity index (χ0) is 11.5. The molecular formula is C16H21N. The minimum Gasteiger partial charge on any atom is -0.310 e. The second-order valence-electron chi connectivity index (χ2n) is 5.29. The Morgan fingerprint density at radius 3 is 2.76 bits per heavy atom. The van der Waals surface area contributed by atoms with Gasteiger partial charge in [0, 0.05) is 12.6 Å². The molecule has 2 aliphatic carbocycles. The maximum atomic E-state index is 3.63. The van der Waals surface area contributed by atoms with Gasteiger partial charge in [-0.05, 0) is 55.2 Å². The molecule has 0 aromatic heterocycles. The van der Waals surface area contributed by atoms with Crippen LogP contribution >= 0.6 is 0 Å². The first kappa shape index (κ1) is 11.0. The molecule has 0 saturated heterocycles. The van der Waals surface area contributed by atoms with Crippen molar-refractivity contribution >= 4 is 5.57 Å². The van der Waals surface area contributed by atoms with Gasteiger partial charge in [0.1, 0.15) is 0 Å². The smallest absolute Gasteiger partial charge is 0.0214 e. The highest BCUT2D eigenvalue weighted by atomic mass is 14.9. The third kappa shape index (κ3) is 2.78. The lowest BCUT2D eigenvalue weighted by Gasteiger charge is -2.17. The fraction of sp³-hybridized carbons (Fsp3) is 0.500. The van der Waals surface area contributed by atoms with Crippen molar-refractivity contribution in [3.63, 3.8) is 0 Å². The Hall–Kier alpha value is -1.08. The minimum atomic E-state index is 0.795. The summed E-state index contributed by atoms with van der Waals surface area (Å²) in [5, 5.41) is 3.63. The Labute approximate surface area is 104 Å². The standard InChI is InChI=1S/C16H21N/c1-2-6-13(7-3-1)16-9-5-4-8-14(16)12-17-15-10-11-15/h4-6,8-9,15,17H,1-3,7,10-12H2. The van der Waals surface area contributed by atoms with Crippen molar-refractivity contribution in [2.75, 3.05) is 0 Å². The van der Waals surface area contributed by atoms with Crippen molar-refractivity contribution in [2.45, 2.75) is 51.1 Å². The number of benzene rings is 1. The molecule has 1 nitrogen and oxygen atoms in total. The van der Waals surface area contributed by atoms with E-state index in [2.05, 4.69) is 35.7 Å². The number of nitrogens with one attached hydrogen (secondary N) is 1. The molecule has 0 unspecified atom stereocenters. The van der Waals surface area contributed by atoms with E-state index in [9.17, 15) is 0 Å². The maximum Gasteiger partial charge on any atom is 0.0214 e. The van der Waals surface area contributed by atoms with E-state index in [-0.39, 0.29) is 0 Å². The summed E-state index contributed by atoms with van der Waals surface area (Å²) in [7, 11) is 0. The third-order valence-electron chi connectivity index (χ3n) is 3.81. The van der Waals surface area contributed by atoms with Gasteiger partial charge in [0.25, 0.3) is 0 Å². The number of allylic oxidation sites excluding steroid dienone is 2. The average Bonchev–Trinajstić information content (AvgIpc) is 3.22. The van der Waals surface area contributed by atoms with Gasteiger partial charge in [-0.1, -0.05) is 30.3 Å². The Balaban J connectivity index is 1.78. The predicted octanol–water partition coefficient (Wildman–Crippen LogP) is 3.90. The van der Waals surface area contributed by atoms with E-state index in [1.807, 2.05) is 0 Å². The fourth-order valence-corrected chi connectivity index (χ4v) is 2.61. The fourth-order valence-electron chi connectivity index (χ4n) is 2.61. The molecule has 1 saturated carbocycles. The molecule has 1 aromatic carbocycles. The van der Waals surface area contributed by atoms with Gasteiger partial charge in [-0.25, -0.2) is 0 Å². The van der Waals surface area contributed by atoms with Crippen LogP contribution in [0.25, 0.3) is 5.57 Å². The first-order chi connectivity index (χ1) is 8.43. The molecule has 0 heterocycles. The van der Waals surface area contributed by atoms with Crippen molar-refractivity contribution in [1.29, 1.82) is 0 Å². The van der Waals surface area contributed by atoms with Crippen LogP contribution in [-0.4, -0.2) is 6.04 Å². The number of hydrogen-bond donors (Lipinski definition) is 1. The van der Waals surface area contributed by atoms with Gasteiger partial charge in [-0.3, -0.25) is 0 Å². The molecule has 1 aromatic rings. The summed E-state index contributed by atoms with van der Waals surface area (Å²) in [4.78, 5) is 0. The molecule has 1 heteroatoms. The molecule has 0 radical (unpaired) electrons. The number of hydrogen-bond acceptors (Lipinski definition) is 1. The summed E-state index contributed by atoms with van der Waals surface area (Å²) >= 11 is 0. The lowest BCUT2D eigenvalue weighted by atomic mass is 9.91. The van der Waals surface area contributed by atoms with Crippen LogP contribution < -0.4 is 5.32 Å². The molecule has 3 rings (SSSR count). The molecule has 1 N–H and O–H groups in total. The minimum absolute atomic E-state index is 0.795. The van der Waals surface area contributed by atoms with Crippen molar-refractivity contribution in [3.8, 4) is 0 Å². The highest BCUT2D eigenvalue weighted by molar-refractivity contribution is 5.68. The Morgan fingerprint density at radius 1 is 1.12 bits per heavy atom. The quantitative estimate of drug-likeness (QED) is 0.822. The van der Waals surface area contributed by atoms with E-state index in [1.54, 1.807) is 5.57 Å². The normalized spacial score (nSPS) is 20.1. The van der Waals surface area contributed by atoms with Gasteiger partial charge < -0.3 is 5.32 Å². The van der Waals surface area contributed by atoms with E-state index in [0.717, 1.165) is 12.6 Å². The van der Waals surface area contributed by atoms with Crippen LogP contribution in [0.2, 0.25) is 0 Å². The first-order valence-corrected chi connectivity index (χ1v) is 6.94. The van der Waals surface area contributed by atoms with Crippen LogP contribution in [0.5, 0.6) is 0 Å². The highest BCUT2D eigenvalue weighted by Gasteiger charge is 2.20. The molecule has 0 aliphatic heterocycles. The van der Waals surface area contributed by atoms with Gasteiger partial charge in [-0.2, -0.15) is 0 Å². The second-order valence-corrected chi connectivity index (χ2v) is 5.29. The molecule has 0 amide bonds. The van der Waals surface area contributed by atoms with Crippen molar-refractivity contribution < 1.29 is 0 Å². The molecule has 17 heavy (non-hydrogen) atoms. The summed E-state index contributed by atoms with van der Waals surface area (Å²) < 4.78 is 0. The van der Waals surface area contributed by atoms with Gasteiger partial charge in [-0.15, -0.1) is 0 Å². The Kier molecular flexibility index (Phi) is 3.28. The maximum absolute atomic E-state index is 3.63. The van der Waals surface area contributed by atoms with E-state index >= 15 is 0 Å². The van der Waals surface area contributed by atoms with Crippen LogP contribution in [0.15, 0.2) is 30.3 Å². The summed E-state index contributed by atoms with van der Waals surface area (Å²) in [6, 6.07) is 9.70. The summed E-state index contributed by atoms with van der Waals surface area (Å²) in [6.45, 7) is 1.04. The zero-order valence-corrected chi connectivity index (χ0v) is 10.4. The highest BCUT2D eigenvalue weighted by Crippen LogP contribution is 2.29. The molecule has 2 aliphatic rings. The van der Waals surface area contributed by atoms with Crippen LogP contribution in [0.4, 0.5) is 0 Å². The summed E-state index contributed by atoms with van der Waals surface area (Å²) in [5.41, 5.74) is 4.54. The van der Waals surface area contributed by atoms with Gasteiger partial charge in [0.05, 0.1) is 0 Å². The molecule has 90 valence electrons. The van der Waals surface area contributed by atoms with Gasteiger partial charge in [0.15, 0.2) is 0 Å². The van der Waals surface area contributed by atoms with Crippen molar-refractivity contribution in [3.05, 3.63) is 41.5 Å². The largest absolute Gasteiger partial charge is 0.310 e. The Morgan fingerprint density at radius 2 is 2.00 bits per heavy atom. The van der Waals surface area contributed by atoms with Crippen molar-refractivity contribution in [1.82, 2.24) is 5.32 Å². The summed E-state index contributed by atoms with van der Waals surface area (Å²) in [6.07, 6.45) is 10.4. The van der Waals surface area contributed by atoms with Crippen LogP contribution in [0.1, 0.15) is 49.7 Å². The molecule has 0 spiro atoms. The number of rotatable bonds is 4. The average molecular weight is 227 g/mol. The van der Waals surface area contributed by atoms with Crippen LogP contribution in [0, 0.1) is 0 Å². The van der Waals surface area contributed by atoms with E-state index in [1.165, 1.54) is 49.7 Å². The molecule has 0 atom stereocenters. The van der Waals surface area contributed by atoms with Crippen molar-refractivity contribution in [2.24, 2.45) is 0 Å².